The predicted molar refractivity (Wildman–Crippen MR) is 134 cm³/mol. The zero-order valence-electron chi connectivity index (χ0n) is 19.7. The van der Waals surface area contributed by atoms with E-state index in [9.17, 15) is 0 Å². The number of hydrogen-bond donors (Lipinski definition) is 1. The average molecular weight is 453 g/mol. The Bertz CT molecular complexity index is 1030. The van der Waals surface area contributed by atoms with Crippen molar-refractivity contribution in [2.24, 2.45) is 5.73 Å². The van der Waals surface area contributed by atoms with E-state index >= 15 is 0 Å². The van der Waals surface area contributed by atoms with Crippen LogP contribution in [0.3, 0.4) is 0 Å². The van der Waals surface area contributed by atoms with Crippen molar-refractivity contribution < 1.29 is 0 Å². The van der Waals surface area contributed by atoms with Gasteiger partial charge in [0.2, 0.25) is 0 Å². The molecule has 0 aliphatic carbocycles. The summed E-state index contributed by atoms with van der Waals surface area (Å²) < 4.78 is 0. The van der Waals surface area contributed by atoms with E-state index in [4.69, 9.17) is 15.7 Å². The first-order valence-electron chi connectivity index (χ1n) is 11.9. The van der Waals surface area contributed by atoms with Crippen LogP contribution in [0, 0.1) is 0 Å². The molecule has 6 heteroatoms. The number of pyridine rings is 4. The quantitative estimate of drug-likeness (QED) is 0.354. The van der Waals surface area contributed by atoms with E-state index in [1.807, 2.05) is 73.1 Å². The Morgan fingerprint density at radius 2 is 1.18 bits per heavy atom. The molecule has 0 amide bonds. The molecule has 0 saturated heterocycles. The van der Waals surface area contributed by atoms with Gasteiger partial charge in [-0.05, 0) is 55.0 Å². The molecule has 1 unspecified atom stereocenters. The molecule has 2 N–H and O–H groups in total. The van der Waals surface area contributed by atoms with E-state index in [0.29, 0.717) is 13.1 Å². The smallest absolute Gasteiger partial charge is 0.117 e. The molecule has 6 nitrogen and oxygen atoms in total. The molecule has 0 aliphatic rings. The van der Waals surface area contributed by atoms with Crippen LogP contribution in [0.15, 0.2) is 97.6 Å². The Balaban J connectivity index is 1.84. The molecule has 4 aromatic heterocycles. The lowest BCUT2D eigenvalue weighted by Crippen LogP contribution is -2.57. The van der Waals surface area contributed by atoms with Gasteiger partial charge in [0, 0.05) is 43.9 Å². The fourth-order valence-corrected chi connectivity index (χ4v) is 4.46. The minimum Gasteiger partial charge on any atom is -0.314 e. The summed E-state index contributed by atoms with van der Waals surface area (Å²) in [7, 11) is 0. The largest absolute Gasteiger partial charge is 0.314 e. The Labute approximate surface area is 202 Å². The minimum atomic E-state index is -0.915. The van der Waals surface area contributed by atoms with Crippen LogP contribution < -0.4 is 5.73 Å². The molecule has 0 bridgehead atoms. The van der Waals surface area contributed by atoms with E-state index in [2.05, 4.69) is 33.9 Å². The molecule has 4 heterocycles. The van der Waals surface area contributed by atoms with Crippen LogP contribution in [0.2, 0.25) is 0 Å². The summed E-state index contributed by atoms with van der Waals surface area (Å²) in [4.78, 5) is 21.1. The van der Waals surface area contributed by atoms with Crippen molar-refractivity contribution in [3.8, 4) is 0 Å². The lowest BCUT2D eigenvalue weighted by molar-refractivity contribution is 0.103. The second-order valence-corrected chi connectivity index (χ2v) is 8.50. The molecule has 0 fully saturated rings. The molecule has 0 radical (unpaired) electrons. The SMILES string of the molecule is CCCCC(N(Cc1ccccn1)Cc1ccccn1)C(N)(c1ccccn1)c1ccccn1. The van der Waals surface area contributed by atoms with Crippen LogP contribution in [0.1, 0.15) is 49.0 Å². The van der Waals surface area contributed by atoms with Crippen molar-refractivity contribution in [2.45, 2.75) is 50.9 Å². The van der Waals surface area contributed by atoms with Gasteiger partial charge in [-0.25, -0.2) is 0 Å². The average Bonchev–Trinajstić information content (AvgIpc) is 2.91. The van der Waals surface area contributed by atoms with E-state index in [0.717, 1.165) is 42.0 Å². The maximum Gasteiger partial charge on any atom is 0.117 e. The van der Waals surface area contributed by atoms with Gasteiger partial charge in [0.05, 0.1) is 22.8 Å². The van der Waals surface area contributed by atoms with Gasteiger partial charge in [-0.1, -0.05) is 44.0 Å². The summed E-state index contributed by atoms with van der Waals surface area (Å²) in [6, 6.07) is 23.8. The van der Waals surface area contributed by atoms with E-state index < -0.39 is 5.54 Å². The standard InChI is InChI=1S/C28H32N6/c1-2-3-16-27(28(29,25-14-6-10-19-32-25)26-15-7-11-20-33-26)34(21-23-12-4-8-17-30-23)22-24-13-5-9-18-31-24/h4-15,17-20,27H,2-3,16,21-22,29H2,1H3. The van der Waals surface area contributed by atoms with Crippen LogP contribution in [0.5, 0.6) is 0 Å². The molecule has 0 aromatic carbocycles. The van der Waals surface area contributed by atoms with Crippen molar-refractivity contribution in [2.75, 3.05) is 0 Å². The first-order valence-corrected chi connectivity index (χ1v) is 11.9. The van der Waals surface area contributed by atoms with Gasteiger partial charge in [0.25, 0.3) is 0 Å². The molecule has 4 rings (SSSR count). The maximum absolute atomic E-state index is 7.43. The Morgan fingerprint density at radius 3 is 1.56 bits per heavy atom. The molecule has 0 aliphatic heterocycles. The fourth-order valence-electron chi connectivity index (χ4n) is 4.46. The van der Waals surface area contributed by atoms with Gasteiger partial charge in [0.1, 0.15) is 5.54 Å². The number of rotatable bonds is 11. The van der Waals surface area contributed by atoms with Gasteiger partial charge in [-0.2, -0.15) is 0 Å². The van der Waals surface area contributed by atoms with Gasteiger partial charge in [-0.15, -0.1) is 0 Å². The van der Waals surface area contributed by atoms with Crippen LogP contribution in [-0.2, 0) is 18.6 Å². The molecular weight excluding hydrogens is 420 g/mol. The third-order valence-electron chi connectivity index (χ3n) is 6.16. The van der Waals surface area contributed by atoms with Gasteiger partial charge < -0.3 is 5.73 Å². The maximum atomic E-state index is 7.43. The molecule has 0 spiro atoms. The third kappa shape index (κ3) is 5.53. The molecule has 174 valence electrons. The molecule has 4 aromatic rings. The number of unbranched alkanes of at least 4 members (excludes halogenated alkanes) is 1. The summed E-state index contributed by atoms with van der Waals surface area (Å²) >= 11 is 0. The number of nitrogens with two attached hydrogens (primary N) is 1. The zero-order chi connectivity index (χ0) is 23.6. The normalized spacial score (nSPS) is 12.6. The van der Waals surface area contributed by atoms with Crippen molar-refractivity contribution in [1.29, 1.82) is 0 Å². The lowest BCUT2D eigenvalue weighted by atomic mass is 9.79. The summed E-state index contributed by atoms with van der Waals surface area (Å²) in [6.45, 7) is 3.49. The first-order chi connectivity index (χ1) is 16.7. The second kappa shape index (κ2) is 11.6. The highest BCUT2D eigenvalue weighted by Crippen LogP contribution is 2.35. The Hall–Kier alpha value is -3.48. The number of hydrogen-bond acceptors (Lipinski definition) is 6. The van der Waals surface area contributed by atoms with Gasteiger partial charge in [-0.3, -0.25) is 24.8 Å². The summed E-state index contributed by atoms with van der Waals surface area (Å²) in [5.74, 6) is 0. The summed E-state index contributed by atoms with van der Waals surface area (Å²) in [5.41, 5.74) is 10.1. The van der Waals surface area contributed by atoms with Crippen molar-refractivity contribution in [3.05, 3.63) is 120 Å². The van der Waals surface area contributed by atoms with E-state index in [1.165, 1.54) is 0 Å². The monoisotopic (exact) mass is 452 g/mol. The summed E-state index contributed by atoms with van der Waals surface area (Å²) in [6.07, 6.45) is 10.3. The van der Waals surface area contributed by atoms with Crippen LogP contribution in [0.25, 0.3) is 0 Å². The van der Waals surface area contributed by atoms with Gasteiger partial charge in [0.15, 0.2) is 0 Å². The van der Waals surface area contributed by atoms with Crippen molar-refractivity contribution in [3.63, 3.8) is 0 Å². The lowest BCUT2D eigenvalue weighted by Gasteiger charge is -2.43. The third-order valence-corrected chi connectivity index (χ3v) is 6.16. The number of aromatic nitrogens is 4. The molecule has 34 heavy (non-hydrogen) atoms. The van der Waals surface area contributed by atoms with E-state index in [1.54, 1.807) is 12.4 Å². The highest BCUT2D eigenvalue weighted by Gasteiger charge is 2.44. The van der Waals surface area contributed by atoms with Gasteiger partial charge >= 0.3 is 0 Å². The zero-order valence-corrected chi connectivity index (χ0v) is 19.7. The Morgan fingerprint density at radius 1 is 0.706 bits per heavy atom. The van der Waals surface area contributed by atoms with Crippen LogP contribution >= 0.6 is 0 Å². The second-order valence-electron chi connectivity index (χ2n) is 8.50. The minimum absolute atomic E-state index is 0.0822. The van der Waals surface area contributed by atoms with Crippen LogP contribution in [0.4, 0.5) is 0 Å². The predicted octanol–water partition coefficient (Wildman–Crippen LogP) is 4.73. The highest BCUT2D eigenvalue weighted by atomic mass is 15.2. The Kier molecular flexibility index (Phi) is 8.07. The first kappa shape index (κ1) is 23.7. The topological polar surface area (TPSA) is 80.8 Å². The van der Waals surface area contributed by atoms with Crippen LogP contribution in [-0.4, -0.2) is 30.9 Å². The molecule has 1 atom stereocenters. The van der Waals surface area contributed by atoms with E-state index in [-0.39, 0.29) is 6.04 Å². The molecule has 0 saturated carbocycles. The summed E-state index contributed by atoms with van der Waals surface area (Å²) in [5, 5.41) is 0. The van der Waals surface area contributed by atoms with Crippen molar-refractivity contribution >= 4 is 0 Å². The molecular formula is C28H32N6. The van der Waals surface area contributed by atoms with Crippen molar-refractivity contribution in [1.82, 2.24) is 24.8 Å². The number of nitrogens with zero attached hydrogens (tertiary/aromatic N) is 5. The fraction of sp³-hybridized carbons (Fsp3) is 0.286. The highest BCUT2D eigenvalue weighted by molar-refractivity contribution is 5.33.